The third-order valence-electron chi connectivity index (χ3n) is 1.82. The Morgan fingerprint density at radius 3 is 1.84 bits per heavy atom. The Morgan fingerprint density at radius 1 is 1.00 bits per heavy atom. The van der Waals surface area contributed by atoms with Gasteiger partial charge in [0.1, 0.15) is 11.6 Å². The summed E-state index contributed by atoms with van der Waals surface area (Å²) in [6.07, 6.45) is -4.74. The van der Waals surface area contributed by atoms with Gasteiger partial charge in [0.2, 0.25) is 0 Å². The predicted molar refractivity (Wildman–Crippen MR) is 67.7 cm³/mol. The molecule has 0 radical (unpaired) electrons. The minimum absolute atomic E-state index is 0.193. The van der Waals surface area contributed by atoms with Crippen LogP contribution in [-0.4, -0.2) is 6.36 Å². The minimum Gasteiger partial charge on any atom is -0.406 e. The van der Waals surface area contributed by atoms with Crippen molar-refractivity contribution in [3.8, 4) is 5.75 Å². The molecule has 1 rings (SSSR count). The van der Waals surface area contributed by atoms with Crippen LogP contribution >= 0.6 is 0 Å². The van der Waals surface area contributed by atoms with Gasteiger partial charge in [-0.15, -0.1) is 13.2 Å². The monoisotopic (exact) mass is 280 g/mol. The van der Waals surface area contributed by atoms with E-state index >= 15 is 0 Å². The van der Waals surface area contributed by atoms with Crippen LogP contribution in [0.3, 0.4) is 0 Å². The summed E-state index contributed by atoms with van der Waals surface area (Å²) in [6.45, 7) is 9.88. The zero-order valence-corrected chi connectivity index (χ0v) is 11.8. The highest BCUT2D eigenvalue weighted by atomic mass is 19.4. The number of rotatable bonds is 2. The largest absolute Gasteiger partial charge is 0.573 e. The summed E-state index contributed by atoms with van der Waals surface area (Å²) in [7, 11) is 0. The van der Waals surface area contributed by atoms with Crippen LogP contribution in [0.2, 0.25) is 0 Å². The Kier molecular flexibility index (Phi) is 6.87. The van der Waals surface area contributed by atoms with Crippen molar-refractivity contribution in [3.05, 3.63) is 29.6 Å². The fourth-order valence-corrected chi connectivity index (χ4v) is 1.16. The molecular formula is C14H20F4O. The van der Waals surface area contributed by atoms with E-state index in [2.05, 4.69) is 25.5 Å². The van der Waals surface area contributed by atoms with Gasteiger partial charge in [-0.25, -0.2) is 4.39 Å². The van der Waals surface area contributed by atoms with Gasteiger partial charge >= 0.3 is 6.36 Å². The summed E-state index contributed by atoms with van der Waals surface area (Å²) < 4.78 is 52.4. The first-order valence-electron chi connectivity index (χ1n) is 6.08. The average Bonchev–Trinajstić information content (AvgIpc) is 2.17. The van der Waals surface area contributed by atoms with E-state index in [9.17, 15) is 17.6 Å². The lowest BCUT2D eigenvalue weighted by Gasteiger charge is -2.12. The maximum atomic E-state index is 13.1. The van der Waals surface area contributed by atoms with Crippen molar-refractivity contribution in [2.45, 2.75) is 46.9 Å². The molecule has 0 spiro atoms. The summed E-state index contributed by atoms with van der Waals surface area (Å²) in [5.74, 6) is -0.283. The standard InChI is InChI=1S/C10H10F4O.C4H10/c1-6(2)8-5-7(3-4-9(8)11)15-10(12,13)14;1-4(2)3/h3-6H,1-2H3;4H,1-3H3. The fourth-order valence-electron chi connectivity index (χ4n) is 1.16. The third-order valence-corrected chi connectivity index (χ3v) is 1.82. The molecule has 0 aliphatic rings. The molecule has 0 saturated heterocycles. The number of alkyl halides is 3. The van der Waals surface area contributed by atoms with Crippen LogP contribution in [0.25, 0.3) is 0 Å². The quantitative estimate of drug-likeness (QED) is 0.649. The smallest absolute Gasteiger partial charge is 0.406 e. The Morgan fingerprint density at radius 2 is 1.47 bits per heavy atom. The minimum atomic E-state index is -4.74. The number of ether oxygens (including phenoxy) is 1. The molecule has 0 bridgehead atoms. The molecule has 110 valence electrons. The van der Waals surface area contributed by atoms with Crippen molar-refractivity contribution in [2.75, 3.05) is 0 Å². The molecule has 0 fully saturated rings. The number of benzene rings is 1. The first kappa shape index (κ1) is 17.7. The van der Waals surface area contributed by atoms with Gasteiger partial charge in [0.25, 0.3) is 0 Å². The van der Waals surface area contributed by atoms with E-state index in [4.69, 9.17) is 0 Å². The maximum absolute atomic E-state index is 13.1. The van der Waals surface area contributed by atoms with Crippen molar-refractivity contribution >= 4 is 0 Å². The Balaban J connectivity index is 0.000000711. The average molecular weight is 280 g/mol. The summed E-state index contributed by atoms with van der Waals surface area (Å²) in [4.78, 5) is 0. The van der Waals surface area contributed by atoms with Crippen molar-refractivity contribution < 1.29 is 22.3 Å². The SMILES string of the molecule is CC(C)C.CC(C)c1cc(OC(F)(F)F)ccc1F. The first-order chi connectivity index (χ1) is 8.53. The van der Waals surface area contributed by atoms with Gasteiger partial charge in [-0.3, -0.25) is 0 Å². The molecule has 19 heavy (non-hydrogen) atoms. The van der Waals surface area contributed by atoms with E-state index < -0.39 is 17.9 Å². The summed E-state index contributed by atoms with van der Waals surface area (Å²) >= 11 is 0. The molecule has 0 amide bonds. The summed E-state index contributed by atoms with van der Waals surface area (Å²) in [6, 6.07) is 2.98. The van der Waals surface area contributed by atoms with Gasteiger partial charge < -0.3 is 4.74 Å². The van der Waals surface area contributed by atoms with Crippen molar-refractivity contribution in [1.29, 1.82) is 0 Å². The van der Waals surface area contributed by atoms with Gasteiger partial charge in [0, 0.05) is 0 Å². The Bertz CT molecular complexity index is 381. The third kappa shape index (κ3) is 8.46. The van der Waals surface area contributed by atoms with Gasteiger partial charge in [0.05, 0.1) is 0 Å². The van der Waals surface area contributed by atoms with E-state index in [1.807, 2.05) is 0 Å². The summed E-state index contributed by atoms with van der Waals surface area (Å²) in [5.41, 5.74) is 0.205. The van der Waals surface area contributed by atoms with Crippen LogP contribution in [0.4, 0.5) is 17.6 Å². The second kappa shape index (κ2) is 7.36. The van der Waals surface area contributed by atoms with Crippen molar-refractivity contribution in [2.24, 2.45) is 5.92 Å². The van der Waals surface area contributed by atoms with Crippen molar-refractivity contribution in [1.82, 2.24) is 0 Å². The lowest BCUT2D eigenvalue weighted by Crippen LogP contribution is -2.17. The van der Waals surface area contributed by atoms with Gasteiger partial charge in [-0.1, -0.05) is 34.6 Å². The molecule has 1 nitrogen and oxygen atoms in total. The predicted octanol–water partition coefficient (Wildman–Crippen LogP) is 5.51. The normalized spacial score (nSPS) is 11.3. The molecule has 0 aliphatic carbocycles. The lowest BCUT2D eigenvalue weighted by molar-refractivity contribution is -0.274. The Labute approximate surface area is 111 Å². The van der Waals surface area contributed by atoms with E-state index in [1.165, 1.54) is 0 Å². The van der Waals surface area contributed by atoms with Gasteiger partial charge in [-0.2, -0.15) is 0 Å². The van der Waals surface area contributed by atoms with E-state index in [0.29, 0.717) is 0 Å². The van der Waals surface area contributed by atoms with Crippen LogP contribution in [0, 0.1) is 11.7 Å². The fraction of sp³-hybridized carbons (Fsp3) is 0.571. The highest BCUT2D eigenvalue weighted by Crippen LogP contribution is 2.27. The zero-order chi connectivity index (χ0) is 15.2. The molecule has 1 aromatic rings. The topological polar surface area (TPSA) is 9.23 Å². The van der Waals surface area contributed by atoms with E-state index in [-0.39, 0.29) is 11.5 Å². The molecule has 0 saturated carbocycles. The molecule has 0 heterocycles. The number of halogens is 4. The molecule has 0 aliphatic heterocycles. The van der Waals surface area contributed by atoms with Crippen LogP contribution in [-0.2, 0) is 0 Å². The van der Waals surface area contributed by atoms with Crippen LogP contribution in [0.1, 0.15) is 46.1 Å². The molecule has 0 N–H and O–H groups in total. The summed E-state index contributed by atoms with van der Waals surface area (Å²) in [5, 5.41) is 0. The number of hydrogen-bond acceptors (Lipinski definition) is 1. The molecule has 1 aromatic carbocycles. The van der Waals surface area contributed by atoms with Gasteiger partial charge in [-0.05, 0) is 35.6 Å². The Hall–Kier alpha value is -1.26. The molecular weight excluding hydrogens is 260 g/mol. The first-order valence-corrected chi connectivity index (χ1v) is 6.08. The van der Waals surface area contributed by atoms with E-state index in [0.717, 1.165) is 24.1 Å². The molecule has 0 aromatic heterocycles. The molecule has 0 atom stereocenters. The number of hydrogen-bond donors (Lipinski definition) is 0. The lowest BCUT2D eigenvalue weighted by atomic mass is 10.0. The van der Waals surface area contributed by atoms with Gasteiger partial charge in [0.15, 0.2) is 0 Å². The van der Waals surface area contributed by atoms with Crippen LogP contribution < -0.4 is 4.74 Å². The maximum Gasteiger partial charge on any atom is 0.573 e. The molecule has 0 unspecified atom stereocenters. The second-order valence-electron chi connectivity index (χ2n) is 5.12. The highest BCUT2D eigenvalue weighted by Gasteiger charge is 2.31. The highest BCUT2D eigenvalue weighted by molar-refractivity contribution is 5.31. The van der Waals surface area contributed by atoms with Crippen LogP contribution in [0.5, 0.6) is 5.75 Å². The van der Waals surface area contributed by atoms with Crippen molar-refractivity contribution in [3.63, 3.8) is 0 Å². The molecule has 5 heteroatoms. The van der Waals surface area contributed by atoms with E-state index in [1.54, 1.807) is 13.8 Å². The second-order valence-corrected chi connectivity index (χ2v) is 5.12. The van der Waals surface area contributed by atoms with Crippen LogP contribution in [0.15, 0.2) is 18.2 Å². The zero-order valence-electron chi connectivity index (χ0n) is 11.8.